The molecule has 0 bridgehead atoms. The van der Waals surface area contributed by atoms with Gasteiger partial charge in [0.05, 0.1) is 12.7 Å². The average molecular weight is 206 g/mol. The molecule has 0 radical (unpaired) electrons. The van der Waals surface area contributed by atoms with Gasteiger partial charge in [-0.2, -0.15) is 0 Å². The topological polar surface area (TPSA) is 80.9 Å². The van der Waals surface area contributed by atoms with Gasteiger partial charge in [0.1, 0.15) is 6.10 Å². The van der Waals surface area contributed by atoms with Crippen molar-refractivity contribution in [1.82, 2.24) is 0 Å². The predicted octanol–water partition coefficient (Wildman–Crippen LogP) is 0.0334. The van der Waals surface area contributed by atoms with E-state index in [-0.39, 0.29) is 13.2 Å². The second-order valence-corrected chi connectivity index (χ2v) is 3.60. The highest BCUT2D eigenvalue weighted by molar-refractivity contribution is 4.65. The van der Waals surface area contributed by atoms with Crippen molar-refractivity contribution in [2.24, 2.45) is 0 Å². The number of hydrogen-bond acceptors (Lipinski definition) is 4. The lowest BCUT2D eigenvalue weighted by molar-refractivity contribution is -0.0185. The number of aliphatic hydroxyl groups excluding tert-OH is 4. The second-order valence-electron chi connectivity index (χ2n) is 3.60. The maximum Gasteiger partial charge on any atom is 0.103 e. The molecule has 86 valence electrons. The smallest absolute Gasteiger partial charge is 0.103 e. The van der Waals surface area contributed by atoms with Crippen molar-refractivity contribution >= 4 is 0 Å². The Hall–Kier alpha value is -0.160. The van der Waals surface area contributed by atoms with Crippen LogP contribution in [0.2, 0.25) is 0 Å². The van der Waals surface area contributed by atoms with Gasteiger partial charge in [-0.15, -0.1) is 0 Å². The molecule has 0 amide bonds. The van der Waals surface area contributed by atoms with Crippen molar-refractivity contribution in [3.05, 3.63) is 0 Å². The van der Waals surface area contributed by atoms with Gasteiger partial charge in [0.15, 0.2) is 0 Å². The third-order valence-corrected chi connectivity index (χ3v) is 2.29. The monoisotopic (exact) mass is 206 g/mol. The van der Waals surface area contributed by atoms with Gasteiger partial charge in [-0.3, -0.25) is 0 Å². The minimum absolute atomic E-state index is 0.242. The minimum Gasteiger partial charge on any atom is -0.396 e. The van der Waals surface area contributed by atoms with E-state index in [9.17, 15) is 5.11 Å². The van der Waals surface area contributed by atoms with Crippen molar-refractivity contribution in [3.63, 3.8) is 0 Å². The van der Waals surface area contributed by atoms with Crippen molar-refractivity contribution < 1.29 is 20.4 Å². The summed E-state index contributed by atoms with van der Waals surface area (Å²) in [7, 11) is 0. The van der Waals surface area contributed by atoms with E-state index in [1.54, 1.807) is 0 Å². The maximum absolute atomic E-state index is 9.27. The van der Waals surface area contributed by atoms with Gasteiger partial charge in [0.2, 0.25) is 0 Å². The fraction of sp³-hybridized carbons (Fsp3) is 1.00. The fourth-order valence-electron chi connectivity index (χ4n) is 1.31. The quantitative estimate of drug-likeness (QED) is 0.401. The van der Waals surface area contributed by atoms with E-state index in [0.717, 1.165) is 32.1 Å². The van der Waals surface area contributed by atoms with Gasteiger partial charge in [-0.05, 0) is 12.8 Å². The fourth-order valence-corrected chi connectivity index (χ4v) is 1.31. The molecule has 0 saturated heterocycles. The summed E-state index contributed by atoms with van der Waals surface area (Å²) in [4.78, 5) is 0. The van der Waals surface area contributed by atoms with E-state index in [2.05, 4.69) is 0 Å². The number of rotatable bonds is 9. The summed E-state index contributed by atoms with van der Waals surface area (Å²) in [6, 6.07) is 0. The molecule has 0 saturated carbocycles. The molecule has 0 heterocycles. The third kappa shape index (κ3) is 7.26. The molecule has 2 atom stereocenters. The lowest BCUT2D eigenvalue weighted by Crippen LogP contribution is -2.28. The first-order valence-corrected chi connectivity index (χ1v) is 5.30. The summed E-state index contributed by atoms with van der Waals surface area (Å²) in [5.41, 5.74) is 0. The highest BCUT2D eigenvalue weighted by Crippen LogP contribution is 2.09. The summed E-state index contributed by atoms with van der Waals surface area (Å²) < 4.78 is 0. The molecule has 0 aromatic heterocycles. The Morgan fingerprint density at radius 3 is 1.86 bits per heavy atom. The van der Waals surface area contributed by atoms with Crippen LogP contribution in [0.4, 0.5) is 0 Å². The third-order valence-electron chi connectivity index (χ3n) is 2.29. The van der Waals surface area contributed by atoms with E-state index >= 15 is 0 Å². The Labute approximate surface area is 85.2 Å². The summed E-state index contributed by atoms with van der Waals surface area (Å²) in [5, 5.41) is 35.4. The van der Waals surface area contributed by atoms with Crippen LogP contribution in [0.3, 0.4) is 0 Å². The molecule has 0 spiro atoms. The molecule has 0 aromatic rings. The summed E-state index contributed by atoms with van der Waals surface area (Å²) in [6.45, 7) is -0.141. The van der Waals surface area contributed by atoms with Gasteiger partial charge in [0, 0.05) is 6.61 Å². The molecule has 0 aliphatic rings. The van der Waals surface area contributed by atoms with Crippen LogP contribution in [0.15, 0.2) is 0 Å². The molecule has 0 aromatic carbocycles. The molecule has 4 N–H and O–H groups in total. The lowest BCUT2D eigenvalue weighted by atomic mass is 10.0. The number of hydrogen-bond donors (Lipinski definition) is 4. The zero-order valence-corrected chi connectivity index (χ0v) is 8.60. The average Bonchev–Trinajstić information content (AvgIpc) is 2.21. The molecular formula is C10H22O4. The molecular weight excluding hydrogens is 184 g/mol. The van der Waals surface area contributed by atoms with Crippen LogP contribution in [-0.4, -0.2) is 45.8 Å². The number of unbranched alkanes of at least 4 members (excludes halogenated alkanes) is 4. The standard InChI is InChI=1S/C10H22O4/c11-7-5-3-1-2-4-6-9(13)10(14)8-12/h9-14H,1-8H2. The normalized spacial score (nSPS) is 15.4. The number of aliphatic hydroxyl groups is 4. The summed E-state index contributed by atoms with van der Waals surface area (Å²) >= 11 is 0. The van der Waals surface area contributed by atoms with Gasteiger partial charge < -0.3 is 20.4 Å². The van der Waals surface area contributed by atoms with Crippen molar-refractivity contribution in [3.8, 4) is 0 Å². The van der Waals surface area contributed by atoms with E-state index in [0.29, 0.717) is 6.42 Å². The van der Waals surface area contributed by atoms with E-state index < -0.39 is 12.2 Å². The van der Waals surface area contributed by atoms with E-state index in [4.69, 9.17) is 15.3 Å². The van der Waals surface area contributed by atoms with Crippen molar-refractivity contribution in [2.45, 2.75) is 50.7 Å². The van der Waals surface area contributed by atoms with E-state index in [1.807, 2.05) is 0 Å². The largest absolute Gasteiger partial charge is 0.396 e. The summed E-state index contributed by atoms with van der Waals surface area (Å²) in [5.74, 6) is 0. The Balaban J connectivity index is 3.18. The highest BCUT2D eigenvalue weighted by atomic mass is 16.4. The zero-order valence-electron chi connectivity index (χ0n) is 8.60. The van der Waals surface area contributed by atoms with Crippen LogP contribution in [0.5, 0.6) is 0 Å². The van der Waals surface area contributed by atoms with Gasteiger partial charge in [-0.25, -0.2) is 0 Å². The van der Waals surface area contributed by atoms with E-state index in [1.165, 1.54) is 0 Å². The molecule has 4 nitrogen and oxygen atoms in total. The van der Waals surface area contributed by atoms with Crippen LogP contribution in [0.25, 0.3) is 0 Å². The van der Waals surface area contributed by atoms with Crippen LogP contribution >= 0.6 is 0 Å². The van der Waals surface area contributed by atoms with Crippen LogP contribution in [0, 0.1) is 0 Å². The molecule has 14 heavy (non-hydrogen) atoms. The first kappa shape index (κ1) is 13.8. The Morgan fingerprint density at radius 1 is 0.714 bits per heavy atom. The maximum atomic E-state index is 9.27. The molecule has 2 unspecified atom stereocenters. The minimum atomic E-state index is -1.01. The molecule has 0 aliphatic heterocycles. The van der Waals surface area contributed by atoms with Crippen molar-refractivity contribution in [2.75, 3.05) is 13.2 Å². The van der Waals surface area contributed by atoms with Crippen LogP contribution in [-0.2, 0) is 0 Å². The SMILES string of the molecule is OCCCCCCCC(O)C(O)CO. The summed E-state index contributed by atoms with van der Waals surface area (Å²) in [6.07, 6.45) is 3.45. The van der Waals surface area contributed by atoms with Gasteiger partial charge in [0.25, 0.3) is 0 Å². The Morgan fingerprint density at radius 2 is 1.29 bits per heavy atom. The van der Waals surface area contributed by atoms with Crippen LogP contribution < -0.4 is 0 Å². The Bertz CT molecular complexity index is 119. The molecule has 0 rings (SSSR count). The predicted molar refractivity (Wildman–Crippen MR) is 53.9 cm³/mol. The first-order chi connectivity index (χ1) is 6.72. The van der Waals surface area contributed by atoms with Crippen molar-refractivity contribution in [1.29, 1.82) is 0 Å². The highest BCUT2D eigenvalue weighted by Gasteiger charge is 2.13. The Kier molecular flexibility index (Phi) is 9.29. The molecule has 0 fully saturated rings. The molecule has 0 aliphatic carbocycles. The van der Waals surface area contributed by atoms with Gasteiger partial charge >= 0.3 is 0 Å². The first-order valence-electron chi connectivity index (χ1n) is 5.30. The van der Waals surface area contributed by atoms with Gasteiger partial charge in [-0.1, -0.05) is 25.7 Å². The second kappa shape index (κ2) is 9.40. The van der Waals surface area contributed by atoms with Crippen LogP contribution in [0.1, 0.15) is 38.5 Å². The zero-order chi connectivity index (χ0) is 10.8. The lowest BCUT2D eigenvalue weighted by Gasteiger charge is -2.14. The molecule has 4 heteroatoms.